The SMILES string of the molecule is [2H]c1c([2H])c([2H])c(OC([2H])([2H])C([2H])(O)C([2H])([2H])N2C([2H])([2H])C([2H])([2H])N(C([2H])([2H])C(=O)Nc3c(C([2H])([2H])[2H])c([2H])c([2H])c([2H])c3C([2H])([2H])[2H])C([2H])([2H])C2([2H])[2H])c(OC([2H])([2H])[2H])c1[2H]. The van der Waals surface area contributed by atoms with Gasteiger partial charge in [0.1, 0.15) is 12.6 Å². The first kappa shape index (κ1) is 5.65. The number of rotatable bonds is 9. The average Bonchev–Trinajstić information content (AvgIpc) is 3.03. The predicted molar refractivity (Wildman–Crippen MR) is 122 cm³/mol. The Morgan fingerprint density at radius 2 is 1.87 bits per heavy atom. The van der Waals surface area contributed by atoms with Gasteiger partial charge in [0, 0.05) is 60.1 Å². The minimum Gasteiger partial charge on any atom is -0.493 e. The van der Waals surface area contributed by atoms with Crippen LogP contribution in [0, 0.1) is 13.7 Å². The van der Waals surface area contributed by atoms with Gasteiger partial charge in [0.25, 0.3) is 0 Å². The van der Waals surface area contributed by atoms with Crippen LogP contribution < -0.4 is 14.8 Å². The molecule has 1 aliphatic rings. The van der Waals surface area contributed by atoms with Crippen molar-refractivity contribution in [2.24, 2.45) is 0 Å². The lowest BCUT2D eigenvalue weighted by molar-refractivity contribution is -0.117. The molecule has 2 N–H and O–H groups in total. The van der Waals surface area contributed by atoms with Gasteiger partial charge < -0.3 is 19.9 Å². The topological polar surface area (TPSA) is 74.3 Å². The number of anilines is 1. The highest BCUT2D eigenvalue weighted by Gasteiger charge is 2.21. The maximum atomic E-state index is 13.8. The van der Waals surface area contributed by atoms with Crippen LogP contribution in [0.15, 0.2) is 42.3 Å². The van der Waals surface area contributed by atoms with Crippen LogP contribution >= 0.6 is 0 Å². The van der Waals surface area contributed by atoms with Crippen molar-refractivity contribution in [3.05, 3.63) is 53.4 Å². The van der Waals surface area contributed by atoms with E-state index in [-0.39, 0.29) is 0 Å². The molecule has 1 heterocycles. The van der Waals surface area contributed by atoms with Gasteiger partial charge in [-0.05, 0) is 36.9 Å². The smallest absolute Gasteiger partial charge is 0.238 e. The first-order chi connectivity index (χ1) is 27.1. The first-order valence-corrected chi connectivity index (χ1v) is 7.84. The molecule has 1 fully saturated rings. The van der Waals surface area contributed by atoms with E-state index < -0.39 is 159 Å². The Bertz CT molecular complexity index is 2060. The monoisotopic (exact) mass is 458 g/mol. The minimum atomic E-state index is -4.98. The fourth-order valence-corrected chi connectivity index (χ4v) is 1.80. The number of piperazine rings is 1. The van der Waals surface area contributed by atoms with Gasteiger partial charge in [-0.1, -0.05) is 30.2 Å². The Labute approximate surface area is 228 Å². The van der Waals surface area contributed by atoms with Crippen LogP contribution in [0.2, 0.25) is 0 Å². The Hall–Kier alpha value is -2.61. The number of ether oxygens (including phenoxy) is 2. The molecule has 31 heavy (non-hydrogen) atoms. The molecular formula is C24H33N3O4. The number of nitrogens with zero attached hydrogens (tertiary/aromatic N) is 2. The van der Waals surface area contributed by atoms with Crippen LogP contribution in [0.4, 0.5) is 5.69 Å². The molecule has 2 aromatic rings. The Morgan fingerprint density at radius 3 is 2.55 bits per heavy atom. The molecule has 168 valence electrons. The number of carbonyl (C=O) groups is 1. The number of hydrogen-bond donors (Lipinski definition) is 2. The number of nitrogens with one attached hydrogen (secondary N) is 1. The molecule has 0 spiro atoms. The van der Waals surface area contributed by atoms with Crippen molar-refractivity contribution >= 4 is 11.6 Å². The highest BCUT2D eigenvalue weighted by atomic mass is 16.5. The number of carbonyl (C=O) groups excluding carboxylic acids is 1. The number of β-amino-alcohol motifs (C(OH)–C–C–N with tert-alkyl or cyclic N) is 1. The summed E-state index contributed by atoms with van der Waals surface area (Å²) in [5.74, 6) is -5.73. The second kappa shape index (κ2) is 11.1. The Kier molecular flexibility index (Phi) is 2.03. The van der Waals surface area contributed by atoms with Gasteiger partial charge in [-0.15, -0.1) is 0 Å². The third-order valence-electron chi connectivity index (χ3n) is 3.06. The van der Waals surface area contributed by atoms with Crippen molar-refractivity contribution in [2.45, 2.75) is 19.8 Å². The summed E-state index contributed by atoms with van der Waals surface area (Å²) in [4.78, 5) is 11.4. The summed E-state index contributed by atoms with van der Waals surface area (Å²) < 4.78 is 262. The van der Waals surface area contributed by atoms with E-state index in [1.165, 1.54) is 5.32 Å². The summed E-state index contributed by atoms with van der Waals surface area (Å²) in [6.07, 6.45) is -4.98. The van der Waals surface area contributed by atoms with E-state index in [1.807, 2.05) is 0 Å². The molecule has 0 saturated carbocycles. The zero-order valence-corrected chi connectivity index (χ0v) is 15.1. The van der Waals surface area contributed by atoms with Gasteiger partial charge >= 0.3 is 0 Å². The first-order valence-electron chi connectivity index (χ1n) is 23.3. The highest BCUT2D eigenvalue weighted by molar-refractivity contribution is 5.93. The van der Waals surface area contributed by atoms with Crippen LogP contribution in [0.3, 0.4) is 0 Å². The van der Waals surface area contributed by atoms with Crippen molar-refractivity contribution < 1.29 is 61.9 Å². The van der Waals surface area contributed by atoms with Gasteiger partial charge in [0.2, 0.25) is 5.91 Å². The predicted octanol–water partition coefficient (Wildman–Crippen LogP) is 2.31. The fourth-order valence-electron chi connectivity index (χ4n) is 1.80. The normalized spacial score (nSPS) is 40.7. The highest BCUT2D eigenvalue weighted by Crippen LogP contribution is 2.25. The second-order valence-electron chi connectivity index (χ2n) is 5.11. The summed E-state index contributed by atoms with van der Waals surface area (Å²) in [6.45, 7) is -40.4. The number of methoxy groups -OCH3 is 1. The van der Waals surface area contributed by atoms with Crippen LogP contribution in [0.5, 0.6) is 11.5 Å². The van der Waals surface area contributed by atoms with E-state index in [0.29, 0.717) is 0 Å². The zero-order valence-electron chi connectivity index (χ0n) is 46.1. The quantitative estimate of drug-likeness (QED) is 0.601. The van der Waals surface area contributed by atoms with E-state index in [4.69, 9.17) is 47.2 Å². The molecule has 7 nitrogen and oxygen atoms in total. The third-order valence-corrected chi connectivity index (χ3v) is 3.06. The maximum absolute atomic E-state index is 13.8. The van der Waals surface area contributed by atoms with Crippen molar-refractivity contribution in [1.29, 1.82) is 0 Å². The van der Waals surface area contributed by atoms with E-state index in [2.05, 4.69) is 4.74 Å². The van der Waals surface area contributed by atoms with Crippen LogP contribution in [-0.4, -0.2) is 79.5 Å². The number of amides is 1. The maximum Gasteiger partial charge on any atom is 0.238 e. The van der Waals surface area contributed by atoms with Gasteiger partial charge in [0.05, 0.1) is 34.1 Å². The van der Waals surface area contributed by atoms with Crippen molar-refractivity contribution in [1.82, 2.24) is 9.80 Å². The lowest BCUT2D eigenvalue weighted by atomic mass is 10.1. The molecule has 0 aliphatic carbocycles. The molecule has 1 aliphatic heterocycles. The van der Waals surface area contributed by atoms with E-state index in [1.54, 1.807) is 0 Å². The molecular weight excluding hydrogens is 394 g/mol. The summed E-state index contributed by atoms with van der Waals surface area (Å²) in [5, 5.41) is 12.7. The van der Waals surface area contributed by atoms with Gasteiger partial charge in [-0.2, -0.15) is 0 Å². The summed E-state index contributed by atoms with van der Waals surface area (Å²) in [6, 6.07) is -9.45. The lowest BCUT2D eigenvalue weighted by Gasteiger charge is -2.35. The molecule has 1 amide bonds. The zero-order chi connectivity index (χ0) is 49.3. The average molecular weight is 459 g/mol. The second-order valence-corrected chi connectivity index (χ2v) is 5.11. The van der Waals surface area contributed by atoms with Crippen LogP contribution in [0.25, 0.3) is 0 Å². The Morgan fingerprint density at radius 1 is 1.19 bits per heavy atom. The molecule has 0 bridgehead atoms. The molecule has 0 radical (unpaired) electrons. The van der Waals surface area contributed by atoms with Crippen molar-refractivity contribution in [3.8, 4) is 11.5 Å². The number of hydrogen-bond acceptors (Lipinski definition) is 6. The van der Waals surface area contributed by atoms with Gasteiger partial charge in [-0.3, -0.25) is 14.6 Å². The fraction of sp³-hybridized carbons (Fsp3) is 0.458. The molecule has 7 heteroatoms. The number of para-hydroxylation sites is 3. The molecule has 0 aromatic heterocycles. The summed E-state index contributed by atoms with van der Waals surface area (Å²) >= 11 is 0. The van der Waals surface area contributed by atoms with Gasteiger partial charge in [-0.25, -0.2) is 0 Å². The van der Waals surface area contributed by atoms with Crippen molar-refractivity contribution in [3.63, 3.8) is 0 Å². The number of benzene rings is 2. The minimum absolute atomic E-state index is 1.14. The molecule has 1 atom stereocenters. The third kappa shape index (κ3) is 6.69. The molecule has 2 aromatic carbocycles. The number of aliphatic hydroxyl groups is 1. The van der Waals surface area contributed by atoms with Crippen LogP contribution in [0.1, 0.15) is 53.6 Å². The lowest BCUT2D eigenvalue weighted by Crippen LogP contribution is -2.50. The molecule has 1 saturated heterocycles. The van der Waals surface area contributed by atoms with Gasteiger partial charge in [0.15, 0.2) is 11.5 Å². The summed E-state index contributed by atoms with van der Waals surface area (Å²) in [7, 11) is -3.59. The van der Waals surface area contributed by atoms with Crippen molar-refractivity contribution in [2.75, 3.05) is 57.9 Å². The largest absolute Gasteiger partial charge is 0.493 e. The standard InChI is InChI=1S/C24H33N3O4/c1-18-7-6-8-19(2)24(18)25-23(29)16-27-13-11-26(12-14-27)15-20(28)17-31-22-10-5-4-9-21(22)30-3/h4-10,20,28H,11-17H2,1-3H3,(H,25,29)/i1D3,2D3,3D3,4D,5D,6D,7D,8D,9D,10D,11D2,12D2,13D2,14D2,15D2,16D2,17D2,20D. The van der Waals surface area contributed by atoms with E-state index >= 15 is 0 Å². The molecule has 1 unspecified atom stereocenters. The molecule has 3 rings (SSSR count). The Balaban J connectivity index is 2.30. The van der Waals surface area contributed by atoms with Crippen LogP contribution in [-0.2, 0) is 4.79 Å². The summed E-state index contributed by atoms with van der Waals surface area (Å²) in [5.41, 5.74) is -4.53. The van der Waals surface area contributed by atoms with E-state index in [0.717, 1.165) is 0 Å². The van der Waals surface area contributed by atoms with E-state index in [9.17, 15) is 9.90 Å².